The number of hydrogen-bond acceptors (Lipinski definition) is 2. The molecule has 2 atom stereocenters. The van der Waals surface area contributed by atoms with Crippen molar-refractivity contribution >= 4 is 5.91 Å². The fourth-order valence-electron chi connectivity index (χ4n) is 2.40. The van der Waals surface area contributed by atoms with Crippen molar-refractivity contribution in [2.24, 2.45) is 0 Å². The summed E-state index contributed by atoms with van der Waals surface area (Å²) in [7, 11) is 0. The van der Waals surface area contributed by atoms with E-state index in [4.69, 9.17) is 4.74 Å². The van der Waals surface area contributed by atoms with E-state index in [2.05, 4.69) is 19.2 Å². The van der Waals surface area contributed by atoms with Gasteiger partial charge in [-0.1, -0.05) is 26.0 Å². The van der Waals surface area contributed by atoms with Crippen molar-refractivity contribution in [1.82, 2.24) is 5.32 Å². The summed E-state index contributed by atoms with van der Waals surface area (Å²) in [6.45, 7) is 7.12. The molecular weight excluding hydrogens is 238 g/mol. The Morgan fingerprint density at radius 1 is 1.26 bits per heavy atom. The van der Waals surface area contributed by atoms with Gasteiger partial charge in [0.05, 0.1) is 12.1 Å². The highest BCUT2D eigenvalue weighted by Crippen LogP contribution is 2.17. The van der Waals surface area contributed by atoms with Crippen LogP contribution in [0.4, 0.5) is 0 Å². The topological polar surface area (TPSA) is 38.3 Å². The summed E-state index contributed by atoms with van der Waals surface area (Å²) in [5, 5.41) is 3.02. The van der Waals surface area contributed by atoms with Gasteiger partial charge in [-0.3, -0.25) is 4.79 Å². The smallest absolute Gasteiger partial charge is 0.251 e. The SMILES string of the molecule is CC(C)c1ccc(C(=O)N[C@@H](C)[C@@H]2CCCO2)cc1. The normalized spacial score (nSPS) is 20.5. The second-order valence-corrected chi connectivity index (χ2v) is 5.59. The molecule has 104 valence electrons. The van der Waals surface area contributed by atoms with Crippen LogP contribution < -0.4 is 5.32 Å². The molecule has 0 spiro atoms. The molecule has 0 radical (unpaired) electrons. The molecule has 2 rings (SSSR count). The molecule has 3 heteroatoms. The summed E-state index contributed by atoms with van der Waals surface area (Å²) in [5.74, 6) is 0.473. The van der Waals surface area contributed by atoms with E-state index in [9.17, 15) is 4.79 Å². The first-order valence-corrected chi connectivity index (χ1v) is 7.10. The highest BCUT2D eigenvalue weighted by atomic mass is 16.5. The Morgan fingerprint density at radius 3 is 2.47 bits per heavy atom. The molecule has 1 fully saturated rings. The Balaban J connectivity index is 1.95. The monoisotopic (exact) mass is 261 g/mol. The number of ether oxygens (including phenoxy) is 1. The molecule has 1 aromatic carbocycles. The Morgan fingerprint density at radius 2 is 1.95 bits per heavy atom. The van der Waals surface area contributed by atoms with Crippen LogP contribution in [0.3, 0.4) is 0 Å². The molecule has 1 aliphatic heterocycles. The van der Waals surface area contributed by atoms with Crippen molar-refractivity contribution in [3.8, 4) is 0 Å². The highest BCUT2D eigenvalue weighted by Gasteiger charge is 2.23. The van der Waals surface area contributed by atoms with Gasteiger partial charge >= 0.3 is 0 Å². The molecule has 0 aliphatic carbocycles. The van der Waals surface area contributed by atoms with Gasteiger partial charge in [-0.15, -0.1) is 0 Å². The zero-order chi connectivity index (χ0) is 13.8. The van der Waals surface area contributed by atoms with Crippen LogP contribution >= 0.6 is 0 Å². The molecule has 0 aromatic heterocycles. The van der Waals surface area contributed by atoms with Gasteiger partial charge in [-0.05, 0) is 43.4 Å². The fraction of sp³-hybridized carbons (Fsp3) is 0.562. The first kappa shape index (κ1) is 14.1. The average molecular weight is 261 g/mol. The fourth-order valence-corrected chi connectivity index (χ4v) is 2.40. The van der Waals surface area contributed by atoms with Crippen LogP contribution in [0.25, 0.3) is 0 Å². The highest BCUT2D eigenvalue weighted by molar-refractivity contribution is 5.94. The van der Waals surface area contributed by atoms with Crippen LogP contribution in [0.5, 0.6) is 0 Å². The van der Waals surface area contributed by atoms with Crippen molar-refractivity contribution in [2.45, 2.75) is 51.7 Å². The predicted octanol–water partition coefficient (Wildman–Crippen LogP) is 3.11. The van der Waals surface area contributed by atoms with Crippen molar-refractivity contribution < 1.29 is 9.53 Å². The third kappa shape index (κ3) is 3.57. The van der Waals surface area contributed by atoms with E-state index < -0.39 is 0 Å². The van der Waals surface area contributed by atoms with Gasteiger partial charge in [-0.2, -0.15) is 0 Å². The molecule has 3 nitrogen and oxygen atoms in total. The van der Waals surface area contributed by atoms with Crippen LogP contribution in [0.15, 0.2) is 24.3 Å². The summed E-state index contributed by atoms with van der Waals surface area (Å²) in [6, 6.07) is 7.91. The summed E-state index contributed by atoms with van der Waals surface area (Å²) in [6.07, 6.45) is 2.29. The predicted molar refractivity (Wildman–Crippen MR) is 76.4 cm³/mol. The lowest BCUT2D eigenvalue weighted by Crippen LogP contribution is -2.40. The maximum atomic E-state index is 12.1. The lowest BCUT2D eigenvalue weighted by atomic mass is 10.0. The van der Waals surface area contributed by atoms with Gasteiger partial charge in [0, 0.05) is 12.2 Å². The van der Waals surface area contributed by atoms with Crippen molar-refractivity contribution in [3.63, 3.8) is 0 Å². The molecule has 0 unspecified atom stereocenters. The van der Waals surface area contributed by atoms with Crippen molar-refractivity contribution in [2.75, 3.05) is 6.61 Å². The summed E-state index contributed by atoms with van der Waals surface area (Å²) in [5.41, 5.74) is 1.97. The van der Waals surface area contributed by atoms with Gasteiger partial charge in [0.2, 0.25) is 0 Å². The second kappa shape index (κ2) is 6.20. The minimum absolute atomic E-state index is 0.0155. The number of amides is 1. The van der Waals surface area contributed by atoms with Crippen LogP contribution in [0.1, 0.15) is 55.5 Å². The molecule has 19 heavy (non-hydrogen) atoms. The molecule has 0 saturated carbocycles. The lowest BCUT2D eigenvalue weighted by molar-refractivity contribution is 0.0712. The van der Waals surface area contributed by atoms with E-state index in [-0.39, 0.29) is 18.1 Å². The van der Waals surface area contributed by atoms with Gasteiger partial charge in [-0.25, -0.2) is 0 Å². The van der Waals surface area contributed by atoms with Gasteiger partial charge < -0.3 is 10.1 Å². The van der Waals surface area contributed by atoms with E-state index in [1.165, 1.54) is 5.56 Å². The minimum atomic E-state index is -0.0155. The zero-order valence-electron chi connectivity index (χ0n) is 12.0. The van der Waals surface area contributed by atoms with Crippen molar-refractivity contribution in [3.05, 3.63) is 35.4 Å². The molecule has 1 saturated heterocycles. The molecule has 1 heterocycles. The first-order chi connectivity index (χ1) is 9.08. The van der Waals surface area contributed by atoms with Gasteiger partial charge in [0.25, 0.3) is 5.91 Å². The largest absolute Gasteiger partial charge is 0.376 e. The van der Waals surface area contributed by atoms with Crippen LogP contribution in [0.2, 0.25) is 0 Å². The van der Waals surface area contributed by atoms with E-state index in [1.807, 2.05) is 31.2 Å². The number of carbonyl (C=O) groups is 1. The lowest BCUT2D eigenvalue weighted by Gasteiger charge is -2.20. The van der Waals surface area contributed by atoms with Crippen LogP contribution in [-0.2, 0) is 4.74 Å². The number of carbonyl (C=O) groups excluding carboxylic acids is 1. The Bertz CT molecular complexity index is 419. The number of nitrogens with one attached hydrogen (secondary N) is 1. The number of hydrogen-bond donors (Lipinski definition) is 1. The maximum Gasteiger partial charge on any atom is 0.251 e. The molecule has 1 aliphatic rings. The quantitative estimate of drug-likeness (QED) is 0.904. The van der Waals surface area contributed by atoms with Gasteiger partial charge in [0.1, 0.15) is 0 Å². The van der Waals surface area contributed by atoms with E-state index in [0.29, 0.717) is 11.5 Å². The third-order valence-corrected chi connectivity index (χ3v) is 3.72. The third-order valence-electron chi connectivity index (χ3n) is 3.72. The summed E-state index contributed by atoms with van der Waals surface area (Å²) >= 11 is 0. The molecular formula is C16H23NO2. The summed E-state index contributed by atoms with van der Waals surface area (Å²) in [4.78, 5) is 12.1. The standard InChI is InChI=1S/C16H23NO2/c1-11(2)13-6-8-14(9-7-13)16(18)17-12(3)15-5-4-10-19-15/h6-9,11-12,15H,4-5,10H2,1-3H3,(H,17,18)/t12-,15-/m0/s1. The van der Waals surface area contributed by atoms with Gasteiger partial charge in [0.15, 0.2) is 0 Å². The Hall–Kier alpha value is -1.35. The van der Waals surface area contributed by atoms with E-state index in [1.54, 1.807) is 0 Å². The van der Waals surface area contributed by atoms with E-state index in [0.717, 1.165) is 19.4 Å². The summed E-state index contributed by atoms with van der Waals surface area (Å²) < 4.78 is 5.59. The Labute approximate surface area is 115 Å². The molecule has 1 amide bonds. The molecule has 1 aromatic rings. The van der Waals surface area contributed by atoms with E-state index >= 15 is 0 Å². The zero-order valence-corrected chi connectivity index (χ0v) is 12.0. The second-order valence-electron chi connectivity index (χ2n) is 5.59. The maximum absolute atomic E-state index is 12.1. The number of rotatable bonds is 4. The van der Waals surface area contributed by atoms with Crippen LogP contribution in [-0.4, -0.2) is 24.7 Å². The molecule has 0 bridgehead atoms. The van der Waals surface area contributed by atoms with Crippen molar-refractivity contribution in [1.29, 1.82) is 0 Å². The first-order valence-electron chi connectivity index (χ1n) is 7.10. The average Bonchev–Trinajstić information content (AvgIpc) is 2.92. The minimum Gasteiger partial charge on any atom is -0.376 e. The number of benzene rings is 1. The van der Waals surface area contributed by atoms with Crippen LogP contribution in [0, 0.1) is 0 Å². The molecule has 1 N–H and O–H groups in total. The Kier molecular flexibility index (Phi) is 4.59.